The van der Waals surface area contributed by atoms with Gasteiger partial charge in [-0.2, -0.15) is 0 Å². The number of carbonyl (C=O) groups is 1. The lowest BCUT2D eigenvalue weighted by Crippen LogP contribution is -2.52. The van der Waals surface area contributed by atoms with E-state index in [4.69, 9.17) is 4.74 Å². The van der Waals surface area contributed by atoms with E-state index >= 15 is 0 Å². The highest BCUT2D eigenvalue weighted by molar-refractivity contribution is 5.85. The third-order valence-corrected chi connectivity index (χ3v) is 5.17. The van der Waals surface area contributed by atoms with Gasteiger partial charge in [0.2, 0.25) is 5.91 Å². The number of amides is 1. The molecule has 1 N–H and O–H groups in total. The Morgan fingerprint density at radius 3 is 2.59 bits per heavy atom. The average Bonchev–Trinajstić information content (AvgIpc) is 3.08. The first-order valence-electron chi connectivity index (χ1n) is 8.67. The van der Waals surface area contributed by atoms with E-state index in [-0.39, 0.29) is 12.4 Å². The lowest BCUT2D eigenvalue weighted by atomic mass is 10.0. The fourth-order valence-electron chi connectivity index (χ4n) is 3.77. The van der Waals surface area contributed by atoms with Crippen molar-refractivity contribution in [2.45, 2.75) is 50.7 Å². The van der Waals surface area contributed by atoms with Crippen molar-refractivity contribution in [1.29, 1.82) is 0 Å². The average molecular weight is 332 g/mol. The maximum Gasteiger partial charge on any atom is 0.222 e. The van der Waals surface area contributed by atoms with Gasteiger partial charge in [-0.3, -0.25) is 9.69 Å². The van der Waals surface area contributed by atoms with Crippen LogP contribution in [0.4, 0.5) is 0 Å². The molecule has 5 nitrogen and oxygen atoms in total. The fourth-order valence-corrected chi connectivity index (χ4v) is 3.77. The maximum atomic E-state index is 12.3. The van der Waals surface area contributed by atoms with Crippen molar-refractivity contribution >= 4 is 18.3 Å². The zero-order valence-electron chi connectivity index (χ0n) is 13.5. The van der Waals surface area contributed by atoms with E-state index in [1.807, 2.05) is 0 Å². The highest BCUT2D eigenvalue weighted by atomic mass is 35.5. The Kier molecular flexibility index (Phi) is 7.41. The quantitative estimate of drug-likeness (QED) is 0.842. The SMILES string of the molecule is Cl.O=C(CCC1CCCCO1)N1CCN(C2CCNC2)CC1. The van der Waals surface area contributed by atoms with Crippen LogP contribution in [-0.2, 0) is 9.53 Å². The molecule has 3 heterocycles. The van der Waals surface area contributed by atoms with E-state index in [0.29, 0.717) is 24.5 Å². The topological polar surface area (TPSA) is 44.8 Å². The zero-order valence-corrected chi connectivity index (χ0v) is 14.3. The van der Waals surface area contributed by atoms with Gasteiger partial charge in [-0.05, 0) is 38.6 Å². The van der Waals surface area contributed by atoms with Crippen LogP contribution >= 0.6 is 12.4 Å². The Morgan fingerprint density at radius 1 is 1.14 bits per heavy atom. The molecule has 22 heavy (non-hydrogen) atoms. The number of rotatable bonds is 4. The number of ether oxygens (including phenoxy) is 1. The van der Waals surface area contributed by atoms with Crippen molar-refractivity contribution in [3.8, 4) is 0 Å². The van der Waals surface area contributed by atoms with Crippen molar-refractivity contribution in [2.75, 3.05) is 45.9 Å². The van der Waals surface area contributed by atoms with Gasteiger partial charge in [-0.15, -0.1) is 12.4 Å². The number of hydrogen-bond donors (Lipinski definition) is 1. The largest absolute Gasteiger partial charge is 0.378 e. The van der Waals surface area contributed by atoms with Gasteiger partial charge in [0.1, 0.15) is 0 Å². The Labute approximate surface area is 140 Å². The summed E-state index contributed by atoms with van der Waals surface area (Å²) in [5, 5.41) is 3.42. The van der Waals surface area contributed by atoms with Crippen LogP contribution < -0.4 is 5.32 Å². The van der Waals surface area contributed by atoms with Gasteiger partial charge >= 0.3 is 0 Å². The molecule has 3 aliphatic rings. The van der Waals surface area contributed by atoms with Crippen LogP contribution in [0.5, 0.6) is 0 Å². The second-order valence-electron chi connectivity index (χ2n) is 6.59. The summed E-state index contributed by atoms with van der Waals surface area (Å²) in [7, 11) is 0. The minimum atomic E-state index is 0. The van der Waals surface area contributed by atoms with Gasteiger partial charge in [-0.25, -0.2) is 0 Å². The van der Waals surface area contributed by atoms with Gasteiger partial charge in [0, 0.05) is 51.8 Å². The van der Waals surface area contributed by atoms with Crippen molar-refractivity contribution < 1.29 is 9.53 Å². The molecule has 3 saturated heterocycles. The number of nitrogens with one attached hydrogen (secondary N) is 1. The zero-order chi connectivity index (χ0) is 14.5. The van der Waals surface area contributed by atoms with Gasteiger partial charge in [0.05, 0.1) is 6.10 Å². The fraction of sp³-hybridized carbons (Fsp3) is 0.938. The Hall–Kier alpha value is -0.360. The van der Waals surface area contributed by atoms with Crippen molar-refractivity contribution in [3.05, 3.63) is 0 Å². The Morgan fingerprint density at radius 2 is 1.95 bits per heavy atom. The van der Waals surface area contributed by atoms with Crippen molar-refractivity contribution in [2.24, 2.45) is 0 Å². The summed E-state index contributed by atoms with van der Waals surface area (Å²) in [4.78, 5) is 16.9. The first-order chi connectivity index (χ1) is 10.3. The van der Waals surface area contributed by atoms with Crippen LogP contribution in [0.15, 0.2) is 0 Å². The van der Waals surface area contributed by atoms with Crippen LogP contribution in [0.25, 0.3) is 0 Å². The third-order valence-electron chi connectivity index (χ3n) is 5.17. The van der Waals surface area contributed by atoms with E-state index in [9.17, 15) is 4.79 Å². The molecule has 6 heteroatoms. The molecule has 0 radical (unpaired) electrons. The van der Waals surface area contributed by atoms with E-state index in [1.54, 1.807) is 0 Å². The molecule has 3 rings (SSSR count). The van der Waals surface area contributed by atoms with Gasteiger partial charge < -0.3 is 15.0 Å². The summed E-state index contributed by atoms with van der Waals surface area (Å²) in [5.41, 5.74) is 0. The molecule has 0 aromatic carbocycles. The predicted octanol–water partition coefficient (Wildman–Crippen LogP) is 1.26. The molecule has 0 aromatic rings. The summed E-state index contributed by atoms with van der Waals surface area (Å²) >= 11 is 0. The molecule has 0 saturated carbocycles. The van der Waals surface area contributed by atoms with E-state index in [0.717, 1.165) is 58.7 Å². The molecule has 0 spiro atoms. The van der Waals surface area contributed by atoms with Crippen LogP contribution in [-0.4, -0.2) is 73.7 Å². The lowest BCUT2D eigenvalue weighted by Gasteiger charge is -2.38. The summed E-state index contributed by atoms with van der Waals surface area (Å²) < 4.78 is 5.71. The highest BCUT2D eigenvalue weighted by Gasteiger charge is 2.28. The normalized spacial score (nSPS) is 30.1. The number of nitrogens with zero attached hydrogens (tertiary/aromatic N) is 2. The lowest BCUT2D eigenvalue weighted by molar-refractivity contribution is -0.134. The molecule has 0 aliphatic carbocycles. The second-order valence-corrected chi connectivity index (χ2v) is 6.59. The first kappa shape index (κ1) is 18.0. The van der Waals surface area contributed by atoms with Crippen molar-refractivity contribution in [1.82, 2.24) is 15.1 Å². The highest BCUT2D eigenvalue weighted by Crippen LogP contribution is 2.18. The standard InChI is InChI=1S/C16H29N3O2.ClH/c20-16(5-4-15-3-1-2-12-21-15)19-10-8-18(9-11-19)14-6-7-17-13-14;/h14-15,17H,1-13H2;1H. The van der Waals surface area contributed by atoms with Crippen LogP contribution in [0.2, 0.25) is 0 Å². The molecule has 0 aromatic heterocycles. The summed E-state index contributed by atoms with van der Waals surface area (Å²) in [6.45, 7) is 7.03. The monoisotopic (exact) mass is 331 g/mol. The number of piperazine rings is 1. The molecule has 1 amide bonds. The van der Waals surface area contributed by atoms with Crippen LogP contribution in [0.1, 0.15) is 38.5 Å². The van der Waals surface area contributed by atoms with Crippen LogP contribution in [0, 0.1) is 0 Å². The van der Waals surface area contributed by atoms with Gasteiger partial charge in [0.25, 0.3) is 0 Å². The number of hydrogen-bond acceptors (Lipinski definition) is 4. The third kappa shape index (κ3) is 4.82. The van der Waals surface area contributed by atoms with E-state index in [2.05, 4.69) is 15.1 Å². The molecule has 128 valence electrons. The second kappa shape index (κ2) is 9.06. The molecule has 3 fully saturated rings. The van der Waals surface area contributed by atoms with Crippen LogP contribution in [0.3, 0.4) is 0 Å². The summed E-state index contributed by atoms with van der Waals surface area (Å²) in [5.74, 6) is 0.327. The Bertz CT molecular complexity index is 336. The summed E-state index contributed by atoms with van der Waals surface area (Å²) in [6.07, 6.45) is 6.73. The Balaban J connectivity index is 0.00000176. The van der Waals surface area contributed by atoms with E-state index < -0.39 is 0 Å². The van der Waals surface area contributed by atoms with E-state index in [1.165, 1.54) is 19.3 Å². The number of carbonyl (C=O) groups excluding carboxylic acids is 1. The van der Waals surface area contributed by atoms with Gasteiger partial charge in [-0.1, -0.05) is 0 Å². The minimum Gasteiger partial charge on any atom is -0.378 e. The smallest absolute Gasteiger partial charge is 0.222 e. The predicted molar refractivity (Wildman–Crippen MR) is 89.5 cm³/mol. The van der Waals surface area contributed by atoms with Crippen molar-refractivity contribution in [3.63, 3.8) is 0 Å². The molecule has 2 atom stereocenters. The molecule has 3 aliphatic heterocycles. The first-order valence-corrected chi connectivity index (χ1v) is 8.67. The minimum absolute atomic E-state index is 0. The summed E-state index contributed by atoms with van der Waals surface area (Å²) in [6, 6.07) is 0.692. The van der Waals surface area contributed by atoms with Gasteiger partial charge in [0.15, 0.2) is 0 Å². The molecular formula is C16H30ClN3O2. The molecule has 0 bridgehead atoms. The maximum absolute atomic E-state index is 12.3. The molecule has 2 unspecified atom stereocenters. The molecular weight excluding hydrogens is 302 g/mol. The number of halogens is 1.